The SMILES string of the molecule is CCC1(C)CCN(c2nc3c(s2)C(=O)CCC3)CC1. The Hall–Kier alpha value is -0.900. The third kappa shape index (κ3) is 2.42. The molecule has 1 saturated heterocycles. The average Bonchev–Trinajstić information content (AvgIpc) is 2.85. The maximum Gasteiger partial charge on any atom is 0.186 e. The van der Waals surface area contributed by atoms with E-state index in [-0.39, 0.29) is 0 Å². The summed E-state index contributed by atoms with van der Waals surface area (Å²) in [6.45, 7) is 6.85. The largest absolute Gasteiger partial charge is 0.348 e. The fourth-order valence-electron chi connectivity index (χ4n) is 2.98. The van der Waals surface area contributed by atoms with Gasteiger partial charge in [0.2, 0.25) is 0 Å². The van der Waals surface area contributed by atoms with Crippen molar-refractivity contribution >= 4 is 22.3 Å². The van der Waals surface area contributed by atoms with Crippen molar-refractivity contribution in [1.82, 2.24) is 4.98 Å². The lowest BCUT2D eigenvalue weighted by atomic mass is 9.78. The fraction of sp³-hybridized carbons (Fsp3) is 0.733. The molecule has 0 spiro atoms. The van der Waals surface area contributed by atoms with Crippen LogP contribution in [0.1, 0.15) is 61.3 Å². The molecule has 19 heavy (non-hydrogen) atoms. The van der Waals surface area contributed by atoms with Gasteiger partial charge in [-0.2, -0.15) is 0 Å². The van der Waals surface area contributed by atoms with Crippen molar-refractivity contribution in [2.24, 2.45) is 5.41 Å². The molecule has 2 heterocycles. The van der Waals surface area contributed by atoms with Gasteiger partial charge in [-0.05, 0) is 31.1 Å². The molecule has 1 aliphatic heterocycles. The Kier molecular flexibility index (Phi) is 3.37. The van der Waals surface area contributed by atoms with Gasteiger partial charge in [-0.25, -0.2) is 4.98 Å². The molecule has 0 atom stereocenters. The molecule has 0 amide bonds. The molecule has 1 aliphatic carbocycles. The summed E-state index contributed by atoms with van der Waals surface area (Å²) >= 11 is 1.62. The van der Waals surface area contributed by atoms with Gasteiger partial charge in [0.15, 0.2) is 10.9 Å². The topological polar surface area (TPSA) is 33.2 Å². The lowest BCUT2D eigenvalue weighted by Crippen LogP contribution is -2.38. The minimum absolute atomic E-state index is 0.306. The van der Waals surface area contributed by atoms with Crippen molar-refractivity contribution in [3.05, 3.63) is 10.6 Å². The van der Waals surface area contributed by atoms with E-state index in [0.29, 0.717) is 17.6 Å². The van der Waals surface area contributed by atoms with Crippen molar-refractivity contribution in [3.8, 4) is 0 Å². The van der Waals surface area contributed by atoms with Crippen LogP contribution in [0.15, 0.2) is 0 Å². The van der Waals surface area contributed by atoms with Gasteiger partial charge in [-0.3, -0.25) is 4.79 Å². The van der Waals surface area contributed by atoms with E-state index >= 15 is 0 Å². The first-order chi connectivity index (χ1) is 9.11. The summed E-state index contributed by atoms with van der Waals surface area (Å²) in [5.74, 6) is 0.306. The van der Waals surface area contributed by atoms with Gasteiger partial charge in [-0.15, -0.1) is 0 Å². The fourth-order valence-corrected chi connectivity index (χ4v) is 4.11. The van der Waals surface area contributed by atoms with Crippen molar-refractivity contribution in [3.63, 3.8) is 0 Å². The first kappa shape index (κ1) is 13.1. The highest BCUT2D eigenvalue weighted by molar-refractivity contribution is 7.17. The molecule has 1 fully saturated rings. The molecule has 0 bridgehead atoms. The quantitative estimate of drug-likeness (QED) is 0.827. The van der Waals surface area contributed by atoms with E-state index in [1.807, 2.05) is 0 Å². The molecule has 0 unspecified atom stereocenters. The molecule has 3 nitrogen and oxygen atoms in total. The average molecular weight is 278 g/mol. The number of fused-ring (bicyclic) bond motifs is 1. The van der Waals surface area contributed by atoms with Crippen LogP contribution in [0.4, 0.5) is 5.13 Å². The van der Waals surface area contributed by atoms with E-state index < -0.39 is 0 Å². The molecule has 104 valence electrons. The Labute approximate surface area is 119 Å². The zero-order valence-corrected chi connectivity index (χ0v) is 12.7. The first-order valence-corrected chi connectivity index (χ1v) is 8.21. The van der Waals surface area contributed by atoms with Crippen LogP contribution in [-0.4, -0.2) is 23.9 Å². The summed E-state index contributed by atoms with van der Waals surface area (Å²) in [6, 6.07) is 0. The molecule has 1 aromatic rings. The number of piperidine rings is 1. The Morgan fingerprint density at radius 2 is 2.05 bits per heavy atom. The molecule has 1 aromatic heterocycles. The van der Waals surface area contributed by atoms with E-state index in [1.165, 1.54) is 19.3 Å². The number of nitrogens with zero attached hydrogens (tertiary/aromatic N) is 2. The Balaban J connectivity index is 1.76. The summed E-state index contributed by atoms with van der Waals surface area (Å²) in [7, 11) is 0. The summed E-state index contributed by atoms with van der Waals surface area (Å²) in [5.41, 5.74) is 1.56. The normalized spacial score (nSPS) is 22.4. The highest BCUT2D eigenvalue weighted by Crippen LogP contribution is 2.38. The van der Waals surface area contributed by atoms with Gasteiger partial charge in [0.25, 0.3) is 0 Å². The molecular weight excluding hydrogens is 256 g/mol. The maximum absolute atomic E-state index is 11.9. The van der Waals surface area contributed by atoms with Gasteiger partial charge < -0.3 is 4.90 Å². The summed E-state index contributed by atoms with van der Waals surface area (Å²) in [5, 5.41) is 1.08. The molecule has 0 saturated carbocycles. The number of carbonyl (C=O) groups excluding carboxylic acids is 1. The minimum Gasteiger partial charge on any atom is -0.348 e. The predicted molar refractivity (Wildman–Crippen MR) is 79.2 cm³/mol. The summed E-state index contributed by atoms with van der Waals surface area (Å²) in [6.07, 6.45) is 6.40. The number of hydrogen-bond acceptors (Lipinski definition) is 4. The first-order valence-electron chi connectivity index (χ1n) is 7.39. The third-order valence-electron chi connectivity index (χ3n) is 4.85. The van der Waals surface area contributed by atoms with E-state index in [1.54, 1.807) is 11.3 Å². The number of thiazole rings is 1. The van der Waals surface area contributed by atoms with Crippen molar-refractivity contribution in [2.45, 2.75) is 52.4 Å². The summed E-state index contributed by atoms with van der Waals surface area (Å²) < 4.78 is 0. The Morgan fingerprint density at radius 1 is 1.32 bits per heavy atom. The maximum atomic E-state index is 11.9. The lowest BCUT2D eigenvalue weighted by Gasteiger charge is -2.38. The van der Waals surface area contributed by atoms with Gasteiger partial charge in [0, 0.05) is 19.5 Å². The van der Waals surface area contributed by atoms with Crippen LogP contribution in [0.3, 0.4) is 0 Å². The molecule has 0 radical (unpaired) electrons. The zero-order chi connectivity index (χ0) is 13.5. The highest BCUT2D eigenvalue weighted by Gasteiger charge is 2.31. The third-order valence-corrected chi connectivity index (χ3v) is 6.05. The predicted octanol–water partition coefficient (Wildman–Crippen LogP) is 3.68. The monoisotopic (exact) mass is 278 g/mol. The van der Waals surface area contributed by atoms with Gasteiger partial charge in [-0.1, -0.05) is 31.6 Å². The van der Waals surface area contributed by atoms with Crippen molar-refractivity contribution < 1.29 is 4.79 Å². The van der Waals surface area contributed by atoms with Crippen LogP contribution in [0, 0.1) is 5.41 Å². The second-order valence-electron chi connectivity index (χ2n) is 6.20. The smallest absolute Gasteiger partial charge is 0.186 e. The van der Waals surface area contributed by atoms with Crippen LogP contribution < -0.4 is 4.90 Å². The van der Waals surface area contributed by atoms with E-state index in [2.05, 4.69) is 18.7 Å². The van der Waals surface area contributed by atoms with Crippen LogP contribution in [0.2, 0.25) is 0 Å². The zero-order valence-electron chi connectivity index (χ0n) is 11.9. The molecule has 0 aromatic carbocycles. The van der Waals surface area contributed by atoms with Crippen molar-refractivity contribution in [1.29, 1.82) is 0 Å². The highest BCUT2D eigenvalue weighted by atomic mass is 32.1. The number of anilines is 1. The van der Waals surface area contributed by atoms with Crippen LogP contribution in [-0.2, 0) is 6.42 Å². The van der Waals surface area contributed by atoms with Crippen molar-refractivity contribution in [2.75, 3.05) is 18.0 Å². The summed E-state index contributed by atoms with van der Waals surface area (Å²) in [4.78, 5) is 19.9. The second-order valence-corrected chi connectivity index (χ2v) is 7.18. The van der Waals surface area contributed by atoms with Gasteiger partial charge in [0.05, 0.1) is 10.6 Å². The number of hydrogen-bond donors (Lipinski definition) is 0. The number of aromatic nitrogens is 1. The van der Waals surface area contributed by atoms with E-state index in [4.69, 9.17) is 4.98 Å². The number of Topliss-reactive ketones (excluding diaryl/α,β-unsaturated/α-hetero) is 1. The minimum atomic E-state index is 0.306. The lowest BCUT2D eigenvalue weighted by molar-refractivity contribution is 0.0976. The van der Waals surface area contributed by atoms with Crippen LogP contribution in [0.25, 0.3) is 0 Å². The molecular formula is C15H22N2OS. The van der Waals surface area contributed by atoms with Gasteiger partial charge in [0.1, 0.15) is 0 Å². The standard InChI is InChI=1S/C15H22N2OS/c1-3-15(2)7-9-17(10-8-15)14-16-11-5-4-6-12(18)13(11)19-14/h3-10H2,1-2H3. The van der Waals surface area contributed by atoms with Gasteiger partial charge >= 0.3 is 0 Å². The number of aryl methyl sites for hydroxylation is 1. The van der Waals surface area contributed by atoms with E-state index in [9.17, 15) is 4.79 Å². The Morgan fingerprint density at radius 3 is 2.68 bits per heavy atom. The van der Waals surface area contributed by atoms with Crippen LogP contribution in [0.5, 0.6) is 0 Å². The molecule has 4 heteroatoms. The molecule has 0 N–H and O–H groups in total. The van der Waals surface area contributed by atoms with E-state index in [0.717, 1.165) is 41.6 Å². The second kappa shape index (κ2) is 4.89. The number of ketones is 1. The molecule has 3 rings (SSSR count). The Bertz CT molecular complexity index is 486. The van der Waals surface area contributed by atoms with Crippen LogP contribution >= 0.6 is 11.3 Å². The number of rotatable bonds is 2. The molecule has 2 aliphatic rings. The number of carbonyl (C=O) groups is 1.